The van der Waals surface area contributed by atoms with Crippen LogP contribution in [0.1, 0.15) is 49.1 Å². The van der Waals surface area contributed by atoms with Gasteiger partial charge in [0, 0.05) is 37.8 Å². The first-order valence-corrected chi connectivity index (χ1v) is 10.3. The molecule has 6 nitrogen and oxygen atoms in total. The molecule has 0 aromatic carbocycles. The molecule has 2 heterocycles. The minimum Gasteiger partial charge on any atom is -0.490 e. The van der Waals surface area contributed by atoms with E-state index < -0.39 is 0 Å². The molecule has 0 N–H and O–H groups in total. The molecule has 27 heavy (non-hydrogen) atoms. The fourth-order valence-electron chi connectivity index (χ4n) is 6.65. The molecule has 1 aromatic rings. The molecule has 6 rings (SSSR count). The lowest BCUT2D eigenvalue weighted by Gasteiger charge is -2.61. The maximum atomic E-state index is 12.7. The highest BCUT2D eigenvalue weighted by Gasteiger charge is 2.53. The van der Waals surface area contributed by atoms with Crippen molar-refractivity contribution in [2.45, 2.75) is 44.1 Å². The molecule has 5 aliphatic rings. The van der Waals surface area contributed by atoms with Crippen molar-refractivity contribution >= 4 is 5.91 Å². The lowest BCUT2D eigenvalue weighted by Crippen LogP contribution is -2.64. The Kier molecular flexibility index (Phi) is 4.08. The molecule has 1 amide bonds. The van der Waals surface area contributed by atoms with Crippen molar-refractivity contribution in [3.8, 4) is 5.75 Å². The summed E-state index contributed by atoms with van der Waals surface area (Å²) >= 11 is 0. The Labute approximate surface area is 159 Å². The third kappa shape index (κ3) is 2.89. The fraction of sp³-hybridized carbons (Fsp3) is 0.714. The molecule has 0 atom stereocenters. The van der Waals surface area contributed by atoms with Crippen LogP contribution in [-0.4, -0.2) is 54.5 Å². The summed E-state index contributed by atoms with van der Waals surface area (Å²) in [6.45, 7) is 3.27. The molecule has 146 valence electrons. The van der Waals surface area contributed by atoms with Crippen molar-refractivity contribution in [1.29, 1.82) is 0 Å². The van der Waals surface area contributed by atoms with E-state index in [0.29, 0.717) is 18.6 Å². The smallest absolute Gasteiger partial charge is 0.289 e. The van der Waals surface area contributed by atoms with E-state index in [9.17, 15) is 9.59 Å². The standard InChI is InChI=1S/C21H28N2O4/c1-26-19-13-27-18(9-17(19)24)20(25)22-2-4-23(5-3-22)21-10-14-6-15(11-21)8-16(7-14)12-21/h9,13-16H,2-8,10-12H2,1H3. The topological polar surface area (TPSA) is 63.0 Å². The number of hydrogen-bond donors (Lipinski definition) is 0. The molecule has 1 aromatic heterocycles. The van der Waals surface area contributed by atoms with Gasteiger partial charge in [-0.1, -0.05) is 0 Å². The summed E-state index contributed by atoms with van der Waals surface area (Å²) in [6.07, 6.45) is 9.67. The number of carbonyl (C=O) groups excluding carboxylic acids is 1. The third-order valence-electron chi connectivity index (χ3n) is 7.47. The Bertz CT molecular complexity index is 758. The van der Waals surface area contributed by atoms with E-state index >= 15 is 0 Å². The van der Waals surface area contributed by atoms with Gasteiger partial charge in [0.05, 0.1) is 7.11 Å². The highest BCUT2D eigenvalue weighted by atomic mass is 16.5. The van der Waals surface area contributed by atoms with Crippen molar-refractivity contribution in [2.24, 2.45) is 17.8 Å². The molecule has 0 radical (unpaired) electrons. The van der Waals surface area contributed by atoms with Gasteiger partial charge in [-0.05, 0) is 56.3 Å². The van der Waals surface area contributed by atoms with Gasteiger partial charge in [-0.25, -0.2) is 0 Å². The molecule has 1 saturated heterocycles. The summed E-state index contributed by atoms with van der Waals surface area (Å²) in [4.78, 5) is 29.2. The number of amides is 1. The van der Waals surface area contributed by atoms with Gasteiger partial charge >= 0.3 is 0 Å². The van der Waals surface area contributed by atoms with Crippen molar-refractivity contribution in [1.82, 2.24) is 9.80 Å². The monoisotopic (exact) mass is 372 g/mol. The van der Waals surface area contributed by atoms with Crippen LogP contribution in [0.25, 0.3) is 0 Å². The predicted octanol–water partition coefficient (Wildman–Crippen LogP) is 2.38. The van der Waals surface area contributed by atoms with Crippen LogP contribution in [0.5, 0.6) is 5.75 Å². The van der Waals surface area contributed by atoms with E-state index in [0.717, 1.165) is 30.8 Å². The molecule has 4 bridgehead atoms. The summed E-state index contributed by atoms with van der Waals surface area (Å²) in [5.41, 5.74) is 0.0793. The van der Waals surface area contributed by atoms with Gasteiger partial charge in [0.15, 0.2) is 5.76 Å². The number of piperazine rings is 1. The Morgan fingerprint density at radius 1 is 1.07 bits per heavy atom. The van der Waals surface area contributed by atoms with Gasteiger partial charge in [0.1, 0.15) is 6.26 Å². The van der Waals surface area contributed by atoms with Crippen molar-refractivity contribution in [3.63, 3.8) is 0 Å². The van der Waals surface area contributed by atoms with Crippen LogP contribution < -0.4 is 10.2 Å². The summed E-state index contributed by atoms with van der Waals surface area (Å²) in [5.74, 6) is 2.83. The highest BCUT2D eigenvalue weighted by molar-refractivity contribution is 5.91. The Morgan fingerprint density at radius 3 is 2.19 bits per heavy atom. The highest BCUT2D eigenvalue weighted by Crippen LogP contribution is 2.57. The molecule has 4 aliphatic carbocycles. The van der Waals surface area contributed by atoms with Crippen LogP contribution >= 0.6 is 0 Å². The number of hydrogen-bond acceptors (Lipinski definition) is 5. The van der Waals surface area contributed by atoms with E-state index in [4.69, 9.17) is 9.15 Å². The van der Waals surface area contributed by atoms with Crippen LogP contribution in [0.4, 0.5) is 0 Å². The first-order valence-electron chi connectivity index (χ1n) is 10.3. The van der Waals surface area contributed by atoms with Crippen molar-refractivity contribution < 1.29 is 13.9 Å². The van der Waals surface area contributed by atoms with Gasteiger partial charge in [-0.3, -0.25) is 14.5 Å². The van der Waals surface area contributed by atoms with Crippen LogP contribution in [0, 0.1) is 17.8 Å². The van der Waals surface area contributed by atoms with E-state index in [1.165, 1.54) is 58.0 Å². The average molecular weight is 372 g/mol. The summed E-state index contributed by atoms with van der Waals surface area (Å²) in [6, 6.07) is 1.24. The number of methoxy groups -OCH3 is 1. The van der Waals surface area contributed by atoms with Crippen LogP contribution in [0.2, 0.25) is 0 Å². The van der Waals surface area contributed by atoms with E-state index in [-0.39, 0.29) is 22.8 Å². The maximum absolute atomic E-state index is 12.7. The minimum absolute atomic E-state index is 0.101. The lowest BCUT2D eigenvalue weighted by molar-refractivity contribution is -0.0988. The Balaban J connectivity index is 1.26. The number of rotatable bonds is 3. The fourth-order valence-corrected chi connectivity index (χ4v) is 6.65. The quantitative estimate of drug-likeness (QED) is 0.815. The zero-order chi connectivity index (χ0) is 18.6. The van der Waals surface area contributed by atoms with Crippen LogP contribution in [-0.2, 0) is 0 Å². The second-order valence-corrected chi connectivity index (χ2v) is 9.10. The van der Waals surface area contributed by atoms with Crippen molar-refractivity contribution in [3.05, 3.63) is 28.3 Å². The van der Waals surface area contributed by atoms with Gasteiger partial charge in [-0.15, -0.1) is 0 Å². The molecule has 5 fully saturated rings. The number of ether oxygens (including phenoxy) is 1. The molecule has 1 aliphatic heterocycles. The van der Waals surface area contributed by atoms with Gasteiger partial charge in [-0.2, -0.15) is 0 Å². The largest absolute Gasteiger partial charge is 0.490 e. The molecule has 0 unspecified atom stereocenters. The molecular weight excluding hydrogens is 344 g/mol. The zero-order valence-corrected chi connectivity index (χ0v) is 16.0. The molecule has 4 saturated carbocycles. The Hall–Kier alpha value is -1.82. The minimum atomic E-state index is -0.320. The first kappa shape index (κ1) is 17.3. The van der Waals surface area contributed by atoms with Gasteiger partial charge < -0.3 is 14.1 Å². The lowest BCUT2D eigenvalue weighted by atomic mass is 9.52. The Morgan fingerprint density at radius 2 is 1.67 bits per heavy atom. The van der Waals surface area contributed by atoms with Gasteiger partial charge in [0.25, 0.3) is 5.91 Å². The molecular formula is C21H28N2O4. The number of nitrogens with zero attached hydrogens (tertiary/aromatic N) is 2. The summed E-state index contributed by atoms with van der Waals surface area (Å²) in [5, 5.41) is 0. The first-order chi connectivity index (χ1) is 13.1. The molecule has 6 heteroatoms. The SMILES string of the molecule is COc1coc(C(=O)N2CCN(C34CC5CC(CC(C5)C3)C4)CC2)cc1=O. The van der Waals surface area contributed by atoms with Crippen LogP contribution in [0.15, 0.2) is 21.5 Å². The van der Waals surface area contributed by atoms with E-state index in [1.807, 2.05) is 4.90 Å². The summed E-state index contributed by atoms with van der Waals surface area (Å²) < 4.78 is 10.3. The summed E-state index contributed by atoms with van der Waals surface area (Å²) in [7, 11) is 1.41. The van der Waals surface area contributed by atoms with Crippen molar-refractivity contribution in [2.75, 3.05) is 33.3 Å². The van der Waals surface area contributed by atoms with E-state index in [2.05, 4.69) is 4.90 Å². The average Bonchev–Trinajstić information content (AvgIpc) is 2.66. The zero-order valence-electron chi connectivity index (χ0n) is 16.0. The van der Waals surface area contributed by atoms with E-state index in [1.54, 1.807) is 0 Å². The number of carbonyl (C=O) groups is 1. The normalized spacial score (nSPS) is 35.4. The third-order valence-corrected chi connectivity index (χ3v) is 7.47. The van der Waals surface area contributed by atoms with Gasteiger partial charge in [0.2, 0.25) is 11.2 Å². The second-order valence-electron chi connectivity index (χ2n) is 9.10. The second kappa shape index (κ2) is 6.36. The predicted molar refractivity (Wildman–Crippen MR) is 99.9 cm³/mol. The molecule has 0 spiro atoms. The maximum Gasteiger partial charge on any atom is 0.289 e. The van der Waals surface area contributed by atoms with Crippen LogP contribution in [0.3, 0.4) is 0 Å².